The fraction of sp³-hybridized carbons (Fsp3) is 0.353. The summed E-state index contributed by atoms with van der Waals surface area (Å²) < 4.78 is 7.85. The third kappa shape index (κ3) is 3.53. The van der Waals surface area contributed by atoms with Crippen LogP contribution in [0.1, 0.15) is 26.3 Å². The molecule has 0 amide bonds. The SMILES string of the molecule is COc1ccc(CNc2nc3c(cnn3C(C)(C)C)c(=O)[nH]2)cc1Br. The first-order valence-corrected chi connectivity index (χ1v) is 8.63. The van der Waals surface area contributed by atoms with Crippen molar-refractivity contribution in [2.24, 2.45) is 0 Å². The molecule has 0 fully saturated rings. The minimum atomic E-state index is -0.263. The Morgan fingerprint density at radius 3 is 2.76 bits per heavy atom. The summed E-state index contributed by atoms with van der Waals surface area (Å²) in [5.41, 5.74) is 1.12. The molecule has 132 valence electrons. The van der Waals surface area contributed by atoms with Crippen LogP contribution >= 0.6 is 15.9 Å². The Kier molecular flexibility index (Phi) is 4.55. The highest BCUT2D eigenvalue weighted by atomic mass is 79.9. The van der Waals surface area contributed by atoms with Gasteiger partial charge in [0.25, 0.3) is 5.56 Å². The predicted octanol–water partition coefficient (Wildman–Crippen LogP) is 3.26. The molecule has 0 bridgehead atoms. The molecule has 3 rings (SSSR count). The molecule has 2 aromatic heterocycles. The average molecular weight is 406 g/mol. The number of hydrogen-bond acceptors (Lipinski definition) is 5. The van der Waals surface area contributed by atoms with Gasteiger partial charge in [0.1, 0.15) is 11.1 Å². The molecule has 0 saturated carbocycles. The van der Waals surface area contributed by atoms with Crippen LogP contribution in [0.2, 0.25) is 0 Å². The maximum absolute atomic E-state index is 12.3. The largest absolute Gasteiger partial charge is 0.496 e. The van der Waals surface area contributed by atoms with E-state index in [0.717, 1.165) is 15.8 Å². The highest BCUT2D eigenvalue weighted by Crippen LogP contribution is 2.25. The highest BCUT2D eigenvalue weighted by molar-refractivity contribution is 9.10. The second-order valence-corrected chi connectivity index (χ2v) is 7.56. The average Bonchev–Trinajstić information content (AvgIpc) is 2.98. The Balaban J connectivity index is 1.89. The van der Waals surface area contributed by atoms with Crippen LogP contribution in [-0.2, 0) is 12.1 Å². The Morgan fingerprint density at radius 1 is 1.36 bits per heavy atom. The van der Waals surface area contributed by atoms with E-state index in [-0.39, 0.29) is 11.1 Å². The first kappa shape index (κ1) is 17.5. The zero-order valence-corrected chi connectivity index (χ0v) is 16.1. The smallest absolute Gasteiger partial charge is 0.263 e. The number of benzene rings is 1. The van der Waals surface area contributed by atoms with Crippen LogP contribution in [0, 0.1) is 0 Å². The van der Waals surface area contributed by atoms with Crippen molar-refractivity contribution < 1.29 is 4.74 Å². The normalized spacial score (nSPS) is 11.7. The topological polar surface area (TPSA) is 84.8 Å². The molecule has 1 aromatic carbocycles. The molecule has 0 aliphatic carbocycles. The maximum Gasteiger partial charge on any atom is 0.263 e. The third-order valence-corrected chi connectivity index (χ3v) is 4.37. The molecular weight excluding hydrogens is 386 g/mol. The van der Waals surface area contributed by atoms with Gasteiger partial charge >= 0.3 is 0 Å². The van der Waals surface area contributed by atoms with Crippen LogP contribution in [0.15, 0.2) is 33.7 Å². The van der Waals surface area contributed by atoms with E-state index in [1.54, 1.807) is 18.0 Å². The van der Waals surface area contributed by atoms with Crippen LogP contribution in [0.3, 0.4) is 0 Å². The summed E-state index contributed by atoms with van der Waals surface area (Å²) in [4.78, 5) is 19.6. The quantitative estimate of drug-likeness (QED) is 0.695. The first-order valence-electron chi connectivity index (χ1n) is 7.84. The van der Waals surface area contributed by atoms with Gasteiger partial charge in [-0.1, -0.05) is 6.07 Å². The Morgan fingerprint density at radius 2 is 2.12 bits per heavy atom. The van der Waals surface area contributed by atoms with Crippen LogP contribution in [0.5, 0.6) is 5.75 Å². The number of ether oxygens (including phenoxy) is 1. The lowest BCUT2D eigenvalue weighted by molar-refractivity contribution is 0.366. The molecular formula is C17H20BrN5O2. The van der Waals surface area contributed by atoms with Gasteiger partial charge < -0.3 is 10.1 Å². The van der Waals surface area contributed by atoms with Crippen LogP contribution in [0.25, 0.3) is 11.0 Å². The number of aromatic amines is 1. The van der Waals surface area contributed by atoms with Gasteiger partial charge in [0.05, 0.1) is 23.3 Å². The second kappa shape index (κ2) is 6.51. The fourth-order valence-corrected chi connectivity index (χ4v) is 3.09. The van der Waals surface area contributed by atoms with Gasteiger partial charge in [0, 0.05) is 6.54 Å². The predicted molar refractivity (Wildman–Crippen MR) is 101 cm³/mol. The van der Waals surface area contributed by atoms with Crippen LogP contribution in [-0.4, -0.2) is 26.9 Å². The van der Waals surface area contributed by atoms with Crippen molar-refractivity contribution in [2.75, 3.05) is 12.4 Å². The highest BCUT2D eigenvalue weighted by Gasteiger charge is 2.19. The molecule has 0 saturated heterocycles. The molecule has 3 aromatic rings. The molecule has 0 radical (unpaired) electrons. The summed E-state index contributed by atoms with van der Waals surface area (Å²) in [6.07, 6.45) is 1.55. The minimum absolute atomic E-state index is 0.209. The lowest BCUT2D eigenvalue weighted by Crippen LogP contribution is -2.24. The summed E-state index contributed by atoms with van der Waals surface area (Å²) in [7, 11) is 1.63. The van der Waals surface area contributed by atoms with Crippen molar-refractivity contribution in [3.63, 3.8) is 0 Å². The molecule has 8 heteroatoms. The summed E-state index contributed by atoms with van der Waals surface area (Å²) in [5.74, 6) is 1.18. The van der Waals surface area contributed by atoms with E-state index >= 15 is 0 Å². The van der Waals surface area contributed by atoms with Crippen LogP contribution < -0.4 is 15.6 Å². The number of fused-ring (bicyclic) bond motifs is 1. The summed E-state index contributed by atoms with van der Waals surface area (Å²) in [6, 6.07) is 5.80. The molecule has 2 heterocycles. The van der Waals surface area contributed by atoms with E-state index in [0.29, 0.717) is 23.5 Å². The Labute approximate surface area is 153 Å². The van der Waals surface area contributed by atoms with Crippen molar-refractivity contribution in [1.29, 1.82) is 0 Å². The van der Waals surface area contributed by atoms with Crippen LogP contribution in [0.4, 0.5) is 5.95 Å². The number of anilines is 1. The molecule has 2 N–H and O–H groups in total. The number of aromatic nitrogens is 4. The van der Waals surface area contributed by atoms with E-state index in [4.69, 9.17) is 4.74 Å². The summed E-state index contributed by atoms with van der Waals surface area (Å²) in [5, 5.41) is 7.94. The number of nitrogens with one attached hydrogen (secondary N) is 2. The standard InChI is InChI=1S/C17H20BrN5O2/c1-17(2,3)23-14-11(9-20-23)15(24)22-16(21-14)19-8-10-5-6-13(25-4)12(18)7-10/h5-7,9H,8H2,1-4H3,(H2,19,21,22,24). The van der Waals surface area contributed by atoms with E-state index in [1.165, 1.54) is 0 Å². The number of methoxy groups -OCH3 is 1. The summed E-state index contributed by atoms with van der Waals surface area (Å²) in [6.45, 7) is 6.57. The first-order chi connectivity index (χ1) is 11.8. The van der Waals surface area contributed by atoms with E-state index in [2.05, 4.69) is 36.3 Å². The molecule has 0 spiro atoms. The zero-order valence-electron chi connectivity index (χ0n) is 14.6. The molecule has 0 atom stereocenters. The molecule has 0 aliphatic rings. The zero-order chi connectivity index (χ0) is 18.2. The fourth-order valence-electron chi connectivity index (χ4n) is 2.50. The summed E-state index contributed by atoms with van der Waals surface area (Å²) >= 11 is 3.47. The van der Waals surface area contributed by atoms with Gasteiger partial charge in [-0.2, -0.15) is 10.1 Å². The van der Waals surface area contributed by atoms with Gasteiger partial charge in [-0.25, -0.2) is 4.68 Å². The van der Waals surface area contributed by atoms with Gasteiger partial charge in [-0.05, 0) is 54.4 Å². The lowest BCUT2D eigenvalue weighted by atomic mass is 10.1. The Hall–Kier alpha value is -2.35. The number of nitrogens with zero attached hydrogens (tertiary/aromatic N) is 3. The molecule has 0 aliphatic heterocycles. The maximum atomic E-state index is 12.3. The van der Waals surface area contributed by atoms with E-state index in [1.807, 2.05) is 39.0 Å². The number of hydrogen-bond donors (Lipinski definition) is 2. The van der Waals surface area contributed by atoms with E-state index < -0.39 is 0 Å². The van der Waals surface area contributed by atoms with Crippen molar-refractivity contribution in [3.8, 4) is 5.75 Å². The lowest BCUT2D eigenvalue weighted by Gasteiger charge is -2.19. The number of rotatable bonds is 4. The van der Waals surface area contributed by atoms with Gasteiger partial charge in [-0.15, -0.1) is 0 Å². The van der Waals surface area contributed by atoms with Crippen molar-refractivity contribution >= 4 is 32.9 Å². The van der Waals surface area contributed by atoms with Crippen molar-refractivity contribution in [1.82, 2.24) is 19.7 Å². The Bertz CT molecular complexity index is 971. The van der Waals surface area contributed by atoms with E-state index in [9.17, 15) is 4.79 Å². The molecule has 0 unspecified atom stereocenters. The van der Waals surface area contributed by atoms with Gasteiger partial charge in [0.2, 0.25) is 5.95 Å². The van der Waals surface area contributed by atoms with Crippen molar-refractivity contribution in [2.45, 2.75) is 32.9 Å². The van der Waals surface area contributed by atoms with Crippen molar-refractivity contribution in [3.05, 3.63) is 44.8 Å². The number of H-pyrrole nitrogens is 1. The molecule has 25 heavy (non-hydrogen) atoms. The van der Waals surface area contributed by atoms with Gasteiger partial charge in [-0.3, -0.25) is 9.78 Å². The van der Waals surface area contributed by atoms with Gasteiger partial charge in [0.15, 0.2) is 5.65 Å². The number of halogens is 1. The minimum Gasteiger partial charge on any atom is -0.496 e. The molecule has 7 nitrogen and oxygen atoms in total. The second-order valence-electron chi connectivity index (χ2n) is 6.70. The third-order valence-electron chi connectivity index (χ3n) is 3.75. The monoisotopic (exact) mass is 405 g/mol.